The molecule has 1 amide bonds. The molecule has 0 radical (unpaired) electrons. The van der Waals surface area contributed by atoms with E-state index in [1.807, 2.05) is 6.07 Å². The van der Waals surface area contributed by atoms with Crippen molar-refractivity contribution >= 4 is 21.9 Å². The van der Waals surface area contributed by atoms with Gasteiger partial charge in [0.05, 0.1) is 23.9 Å². The van der Waals surface area contributed by atoms with E-state index < -0.39 is 35.0 Å². The number of rotatable bonds is 7. The molecule has 112 valence electrons. The lowest BCUT2D eigenvalue weighted by molar-refractivity contribution is -0.137. The summed E-state index contributed by atoms with van der Waals surface area (Å²) in [6.07, 6.45) is 0.125. The van der Waals surface area contributed by atoms with Crippen LogP contribution in [0.2, 0.25) is 0 Å². The zero-order valence-corrected chi connectivity index (χ0v) is 11.7. The number of hydrogen-bond acceptors (Lipinski definition) is 5. The third-order valence-corrected chi connectivity index (χ3v) is 4.29. The Bertz CT molecular complexity index is 660. The molecule has 0 saturated carbocycles. The summed E-state index contributed by atoms with van der Waals surface area (Å²) in [5.41, 5.74) is 5.55. The number of nitrogens with two attached hydrogens (primary N) is 1. The Morgan fingerprint density at radius 2 is 1.81 bits per heavy atom. The smallest absolute Gasteiger partial charge is 0.318 e. The molecule has 0 spiro atoms. The molecule has 0 atom stereocenters. The van der Waals surface area contributed by atoms with Gasteiger partial charge >= 0.3 is 5.97 Å². The van der Waals surface area contributed by atoms with Gasteiger partial charge in [0.1, 0.15) is 6.54 Å². The molecule has 1 aromatic carbocycles. The fraction of sp³-hybridized carbons (Fsp3) is 0.250. The normalized spacial score (nSPS) is 11.0. The van der Waals surface area contributed by atoms with Gasteiger partial charge in [-0.2, -0.15) is 9.57 Å². The largest absolute Gasteiger partial charge is 0.480 e. The lowest BCUT2D eigenvalue weighted by atomic mass is 10.2. The molecule has 21 heavy (non-hydrogen) atoms. The number of aliphatic carboxylic acids is 1. The van der Waals surface area contributed by atoms with Crippen molar-refractivity contribution in [1.29, 1.82) is 5.26 Å². The lowest BCUT2D eigenvalue weighted by Gasteiger charge is -2.18. The zero-order chi connectivity index (χ0) is 16.0. The Morgan fingerprint density at radius 1 is 1.24 bits per heavy atom. The summed E-state index contributed by atoms with van der Waals surface area (Å²) in [6.45, 7) is -1.60. The minimum absolute atomic E-state index is 0.125. The number of primary amides is 1. The van der Waals surface area contributed by atoms with Gasteiger partial charge in [0.2, 0.25) is 15.9 Å². The van der Waals surface area contributed by atoms with Gasteiger partial charge in [0, 0.05) is 0 Å². The average Bonchev–Trinajstić information content (AvgIpc) is 2.38. The number of nitrogens with zero attached hydrogens (tertiary/aromatic N) is 2. The standard InChI is InChI=1S/C12H13N3O5S/c13-6-5-9-1-3-10(4-2-9)21(19,20)15(7-11(14)16)8-12(17)18/h1-4H,5,7-8H2,(H2,14,16)(H,17,18). The molecule has 9 heteroatoms. The first-order valence-electron chi connectivity index (χ1n) is 5.73. The summed E-state index contributed by atoms with van der Waals surface area (Å²) >= 11 is 0. The highest BCUT2D eigenvalue weighted by Crippen LogP contribution is 2.16. The molecule has 1 rings (SSSR count). The maximum Gasteiger partial charge on any atom is 0.318 e. The van der Waals surface area contributed by atoms with E-state index in [9.17, 15) is 18.0 Å². The molecular weight excluding hydrogens is 298 g/mol. The van der Waals surface area contributed by atoms with Crippen molar-refractivity contribution in [2.24, 2.45) is 5.73 Å². The highest BCUT2D eigenvalue weighted by Gasteiger charge is 2.27. The van der Waals surface area contributed by atoms with E-state index in [1.54, 1.807) is 0 Å². The van der Waals surface area contributed by atoms with Crippen LogP contribution in [0.5, 0.6) is 0 Å². The molecule has 0 aliphatic heterocycles. The summed E-state index contributed by atoms with van der Waals surface area (Å²) in [5.74, 6) is -2.36. The van der Waals surface area contributed by atoms with Crippen LogP contribution in [0.15, 0.2) is 29.2 Å². The summed E-state index contributed by atoms with van der Waals surface area (Å²) < 4.78 is 25.0. The van der Waals surface area contributed by atoms with E-state index >= 15 is 0 Å². The van der Waals surface area contributed by atoms with Crippen LogP contribution in [-0.4, -0.2) is 42.8 Å². The van der Waals surface area contributed by atoms with Crippen molar-refractivity contribution in [1.82, 2.24) is 4.31 Å². The van der Waals surface area contributed by atoms with E-state index in [0.717, 1.165) is 0 Å². The summed E-state index contributed by atoms with van der Waals surface area (Å²) in [7, 11) is -4.15. The van der Waals surface area contributed by atoms with Gasteiger partial charge in [-0.15, -0.1) is 0 Å². The van der Waals surface area contributed by atoms with Crippen LogP contribution in [0, 0.1) is 11.3 Å². The number of hydrogen-bond donors (Lipinski definition) is 2. The second kappa shape index (κ2) is 6.83. The van der Waals surface area contributed by atoms with Gasteiger partial charge in [-0.3, -0.25) is 9.59 Å². The van der Waals surface area contributed by atoms with Crippen LogP contribution in [0.25, 0.3) is 0 Å². The molecule has 0 unspecified atom stereocenters. The summed E-state index contributed by atoms with van der Waals surface area (Å²) in [5, 5.41) is 17.3. The summed E-state index contributed by atoms with van der Waals surface area (Å²) in [6, 6.07) is 7.30. The second-order valence-corrected chi connectivity index (χ2v) is 6.05. The molecule has 1 aromatic rings. The third kappa shape index (κ3) is 4.55. The predicted molar refractivity (Wildman–Crippen MR) is 71.3 cm³/mol. The van der Waals surface area contributed by atoms with E-state index in [1.165, 1.54) is 24.3 Å². The van der Waals surface area contributed by atoms with Crippen LogP contribution in [0.3, 0.4) is 0 Å². The number of benzene rings is 1. The van der Waals surface area contributed by atoms with Gasteiger partial charge in [-0.1, -0.05) is 12.1 Å². The second-order valence-electron chi connectivity index (χ2n) is 4.11. The van der Waals surface area contributed by atoms with E-state index in [0.29, 0.717) is 9.87 Å². The van der Waals surface area contributed by atoms with Crippen LogP contribution in [0.1, 0.15) is 5.56 Å². The molecule has 8 nitrogen and oxygen atoms in total. The fourth-order valence-corrected chi connectivity index (χ4v) is 2.93. The average molecular weight is 311 g/mol. The predicted octanol–water partition coefficient (Wildman–Crippen LogP) is -0.687. The topological polar surface area (TPSA) is 142 Å². The minimum atomic E-state index is -4.15. The van der Waals surface area contributed by atoms with Crippen molar-refractivity contribution < 1.29 is 23.1 Å². The number of nitriles is 1. The van der Waals surface area contributed by atoms with E-state index in [4.69, 9.17) is 16.1 Å². The van der Waals surface area contributed by atoms with Gasteiger partial charge in [0.15, 0.2) is 0 Å². The molecule has 0 aromatic heterocycles. The number of carboxylic acids is 1. The van der Waals surface area contributed by atoms with Crippen LogP contribution < -0.4 is 5.73 Å². The molecular formula is C12H13N3O5S. The summed E-state index contributed by atoms with van der Waals surface area (Å²) in [4.78, 5) is 21.4. The first-order chi connectivity index (χ1) is 9.77. The highest BCUT2D eigenvalue weighted by atomic mass is 32.2. The molecule has 0 saturated heterocycles. The Kier molecular flexibility index (Phi) is 5.40. The number of carbonyl (C=O) groups excluding carboxylic acids is 1. The molecule has 0 aliphatic carbocycles. The Hall–Kier alpha value is -2.44. The van der Waals surface area contributed by atoms with Gasteiger partial charge in [0.25, 0.3) is 0 Å². The molecule has 3 N–H and O–H groups in total. The Morgan fingerprint density at radius 3 is 2.24 bits per heavy atom. The maximum absolute atomic E-state index is 12.3. The molecule has 0 fully saturated rings. The van der Waals surface area contributed by atoms with Crippen molar-refractivity contribution in [2.75, 3.05) is 13.1 Å². The first-order valence-corrected chi connectivity index (χ1v) is 7.17. The third-order valence-electron chi connectivity index (χ3n) is 2.49. The van der Waals surface area contributed by atoms with Crippen molar-refractivity contribution in [2.45, 2.75) is 11.3 Å². The lowest BCUT2D eigenvalue weighted by Crippen LogP contribution is -2.41. The number of carbonyl (C=O) groups is 2. The van der Waals surface area contributed by atoms with E-state index in [-0.39, 0.29) is 11.3 Å². The minimum Gasteiger partial charge on any atom is -0.480 e. The number of sulfonamides is 1. The SMILES string of the molecule is N#CCc1ccc(S(=O)(=O)N(CC(N)=O)CC(=O)O)cc1. The van der Waals surface area contributed by atoms with E-state index in [2.05, 4.69) is 0 Å². The fourth-order valence-electron chi connectivity index (χ4n) is 1.57. The molecule has 0 bridgehead atoms. The number of carboxylic acid groups (broad SMARTS) is 1. The van der Waals surface area contributed by atoms with Gasteiger partial charge < -0.3 is 10.8 Å². The number of amides is 1. The first kappa shape index (κ1) is 16.6. The van der Waals surface area contributed by atoms with Crippen LogP contribution in [0.4, 0.5) is 0 Å². The van der Waals surface area contributed by atoms with Gasteiger partial charge in [-0.05, 0) is 17.7 Å². The highest BCUT2D eigenvalue weighted by molar-refractivity contribution is 7.89. The quantitative estimate of drug-likeness (QED) is 0.682. The Balaban J connectivity index is 3.12. The van der Waals surface area contributed by atoms with Gasteiger partial charge in [-0.25, -0.2) is 8.42 Å². The van der Waals surface area contributed by atoms with Crippen molar-refractivity contribution in [3.05, 3.63) is 29.8 Å². The van der Waals surface area contributed by atoms with Crippen molar-refractivity contribution in [3.8, 4) is 6.07 Å². The van der Waals surface area contributed by atoms with Crippen LogP contribution in [-0.2, 0) is 26.0 Å². The van der Waals surface area contributed by atoms with Crippen molar-refractivity contribution in [3.63, 3.8) is 0 Å². The zero-order valence-electron chi connectivity index (χ0n) is 10.9. The monoisotopic (exact) mass is 311 g/mol. The molecule has 0 aliphatic rings. The Labute approximate surface area is 121 Å². The maximum atomic E-state index is 12.3. The molecule has 0 heterocycles. The van der Waals surface area contributed by atoms with Crippen LogP contribution >= 0.6 is 0 Å².